The Labute approximate surface area is 146 Å². The molecular formula is C20H17NO4. The number of carbonyl (C=O) groups excluding carboxylic acids is 1. The van der Waals surface area contributed by atoms with E-state index in [4.69, 9.17) is 14.2 Å². The number of carbonyl (C=O) groups is 1. The van der Waals surface area contributed by atoms with E-state index < -0.39 is 0 Å². The Morgan fingerprint density at radius 2 is 2.00 bits per heavy atom. The van der Waals surface area contributed by atoms with Crippen molar-refractivity contribution >= 4 is 11.9 Å². The van der Waals surface area contributed by atoms with Crippen LogP contribution in [0, 0.1) is 11.3 Å². The smallest absolute Gasteiger partial charge is 0.203 e. The van der Waals surface area contributed by atoms with Crippen LogP contribution in [-0.4, -0.2) is 26.1 Å². The Kier molecular flexibility index (Phi) is 5.00. The highest BCUT2D eigenvalue weighted by Gasteiger charge is 2.17. The minimum Gasteiger partial charge on any atom is -0.497 e. The predicted molar refractivity (Wildman–Crippen MR) is 93.0 cm³/mol. The summed E-state index contributed by atoms with van der Waals surface area (Å²) >= 11 is 0. The zero-order chi connectivity index (χ0) is 17.6. The van der Waals surface area contributed by atoms with Crippen molar-refractivity contribution in [2.75, 3.05) is 20.3 Å². The summed E-state index contributed by atoms with van der Waals surface area (Å²) in [5.74, 6) is 1.38. The minimum atomic E-state index is -0.367. The first kappa shape index (κ1) is 16.6. The molecule has 0 unspecified atom stereocenters. The molecule has 1 aliphatic rings. The molecule has 5 nitrogen and oxygen atoms in total. The van der Waals surface area contributed by atoms with Gasteiger partial charge in [-0.1, -0.05) is 24.3 Å². The highest BCUT2D eigenvalue weighted by Crippen LogP contribution is 2.34. The average molecular weight is 335 g/mol. The number of nitriles is 1. The molecule has 0 atom stereocenters. The van der Waals surface area contributed by atoms with Crippen LogP contribution in [-0.2, 0) is 0 Å². The van der Waals surface area contributed by atoms with E-state index in [0.717, 1.165) is 6.42 Å². The van der Waals surface area contributed by atoms with Gasteiger partial charge in [0.1, 0.15) is 17.4 Å². The van der Waals surface area contributed by atoms with Crippen molar-refractivity contribution in [1.29, 1.82) is 5.26 Å². The number of fused-ring (bicyclic) bond motifs is 1. The predicted octanol–water partition coefficient (Wildman–Crippen LogP) is 3.65. The number of ether oxygens (including phenoxy) is 3. The van der Waals surface area contributed by atoms with E-state index in [1.165, 1.54) is 13.2 Å². The molecule has 0 bridgehead atoms. The van der Waals surface area contributed by atoms with E-state index >= 15 is 0 Å². The lowest BCUT2D eigenvalue weighted by Crippen LogP contribution is -2.03. The van der Waals surface area contributed by atoms with Crippen molar-refractivity contribution in [3.63, 3.8) is 0 Å². The molecule has 2 aromatic carbocycles. The van der Waals surface area contributed by atoms with Gasteiger partial charge in [0.25, 0.3) is 0 Å². The molecule has 25 heavy (non-hydrogen) atoms. The summed E-state index contributed by atoms with van der Waals surface area (Å²) in [6, 6.07) is 14.1. The van der Waals surface area contributed by atoms with Crippen LogP contribution in [0.4, 0.5) is 0 Å². The highest BCUT2D eigenvalue weighted by atomic mass is 16.5. The van der Waals surface area contributed by atoms with Gasteiger partial charge in [-0.2, -0.15) is 5.26 Å². The molecule has 0 aliphatic carbocycles. The first-order valence-electron chi connectivity index (χ1n) is 7.92. The number of ketones is 1. The van der Waals surface area contributed by atoms with E-state index in [-0.39, 0.29) is 11.4 Å². The summed E-state index contributed by atoms with van der Waals surface area (Å²) < 4.78 is 16.5. The van der Waals surface area contributed by atoms with Gasteiger partial charge in [0.05, 0.1) is 20.3 Å². The Hall–Kier alpha value is -3.26. The van der Waals surface area contributed by atoms with Gasteiger partial charge >= 0.3 is 0 Å². The third-order valence-corrected chi connectivity index (χ3v) is 3.80. The van der Waals surface area contributed by atoms with Crippen LogP contribution < -0.4 is 14.2 Å². The number of hydrogen-bond acceptors (Lipinski definition) is 5. The second-order valence-corrected chi connectivity index (χ2v) is 5.46. The topological polar surface area (TPSA) is 68.6 Å². The van der Waals surface area contributed by atoms with Gasteiger partial charge in [-0.05, 0) is 24.3 Å². The second-order valence-electron chi connectivity index (χ2n) is 5.46. The molecule has 3 rings (SSSR count). The van der Waals surface area contributed by atoms with E-state index in [0.29, 0.717) is 41.6 Å². The summed E-state index contributed by atoms with van der Waals surface area (Å²) in [6.07, 6.45) is 2.32. The summed E-state index contributed by atoms with van der Waals surface area (Å²) in [4.78, 5) is 12.7. The molecule has 0 N–H and O–H groups in total. The molecular weight excluding hydrogens is 318 g/mol. The molecule has 0 radical (unpaired) electrons. The summed E-state index contributed by atoms with van der Waals surface area (Å²) in [6.45, 7) is 1.11. The summed E-state index contributed by atoms with van der Waals surface area (Å²) in [7, 11) is 1.53. The van der Waals surface area contributed by atoms with E-state index in [9.17, 15) is 10.1 Å². The van der Waals surface area contributed by atoms with Crippen LogP contribution >= 0.6 is 0 Å². The second kappa shape index (κ2) is 7.54. The zero-order valence-electron chi connectivity index (χ0n) is 13.8. The summed E-state index contributed by atoms with van der Waals surface area (Å²) in [5, 5.41) is 9.46. The lowest BCUT2D eigenvalue weighted by atomic mass is 10.0. The lowest BCUT2D eigenvalue weighted by molar-refractivity contribution is 0.103. The number of methoxy groups -OCH3 is 1. The van der Waals surface area contributed by atoms with Gasteiger partial charge in [-0.25, -0.2) is 0 Å². The molecule has 0 aromatic heterocycles. The SMILES string of the molecule is COc1cccc(C(=O)/C(C#N)=C\c2cccc3c2OCCCO3)c1. The minimum absolute atomic E-state index is 0.0227. The molecule has 5 heteroatoms. The lowest BCUT2D eigenvalue weighted by Gasteiger charge is -2.10. The molecule has 0 fully saturated rings. The average Bonchev–Trinajstić information content (AvgIpc) is 2.91. The van der Waals surface area contributed by atoms with Gasteiger partial charge in [-0.3, -0.25) is 4.79 Å². The van der Waals surface area contributed by atoms with Gasteiger partial charge in [0, 0.05) is 17.5 Å². The molecule has 1 heterocycles. The number of nitrogens with zero attached hydrogens (tertiary/aromatic N) is 1. The summed E-state index contributed by atoms with van der Waals surface area (Å²) in [5.41, 5.74) is 1.06. The number of benzene rings is 2. The van der Waals surface area contributed by atoms with Crippen LogP contribution in [0.25, 0.3) is 6.08 Å². The standard InChI is InChI=1S/C20H17NO4/c1-23-17-7-2-5-14(12-17)19(22)16(13-21)11-15-6-3-8-18-20(15)25-10-4-9-24-18/h2-3,5-8,11-12H,4,9-10H2,1H3/b16-11-. The number of Topliss-reactive ketones (excluding diaryl/α,β-unsaturated/α-hetero) is 1. The monoisotopic (exact) mass is 335 g/mol. The van der Waals surface area contributed by atoms with Crippen LogP contribution in [0.3, 0.4) is 0 Å². The number of para-hydroxylation sites is 1. The first-order chi connectivity index (χ1) is 12.2. The first-order valence-corrected chi connectivity index (χ1v) is 7.92. The molecule has 2 aromatic rings. The fourth-order valence-electron chi connectivity index (χ4n) is 2.55. The fraction of sp³-hybridized carbons (Fsp3) is 0.200. The molecule has 0 amide bonds. The number of hydrogen-bond donors (Lipinski definition) is 0. The fourth-order valence-corrected chi connectivity index (χ4v) is 2.55. The molecule has 126 valence electrons. The maximum Gasteiger partial charge on any atom is 0.203 e. The Balaban J connectivity index is 1.98. The van der Waals surface area contributed by atoms with Gasteiger partial charge in [-0.15, -0.1) is 0 Å². The van der Waals surface area contributed by atoms with Crippen LogP contribution in [0.5, 0.6) is 17.2 Å². The number of allylic oxidation sites excluding steroid dienone is 1. The van der Waals surface area contributed by atoms with Crippen LogP contribution in [0.1, 0.15) is 22.3 Å². The third-order valence-electron chi connectivity index (χ3n) is 3.80. The van der Waals surface area contributed by atoms with Crippen molar-refractivity contribution in [3.8, 4) is 23.3 Å². The van der Waals surface area contributed by atoms with Crippen molar-refractivity contribution in [2.45, 2.75) is 6.42 Å². The zero-order valence-corrected chi connectivity index (χ0v) is 13.8. The van der Waals surface area contributed by atoms with E-state index in [1.807, 2.05) is 18.2 Å². The molecule has 1 aliphatic heterocycles. The Bertz CT molecular complexity index is 864. The maximum atomic E-state index is 12.7. The van der Waals surface area contributed by atoms with Gasteiger partial charge in [0.2, 0.25) is 5.78 Å². The molecule has 0 spiro atoms. The quantitative estimate of drug-likeness (QED) is 0.485. The Morgan fingerprint density at radius 1 is 1.20 bits per heavy atom. The highest BCUT2D eigenvalue weighted by molar-refractivity contribution is 6.14. The van der Waals surface area contributed by atoms with Crippen molar-refractivity contribution in [2.24, 2.45) is 0 Å². The van der Waals surface area contributed by atoms with Crippen molar-refractivity contribution < 1.29 is 19.0 Å². The van der Waals surface area contributed by atoms with Crippen LogP contribution in [0.2, 0.25) is 0 Å². The van der Waals surface area contributed by atoms with Crippen molar-refractivity contribution in [3.05, 3.63) is 59.2 Å². The third kappa shape index (κ3) is 3.64. The van der Waals surface area contributed by atoms with Crippen LogP contribution in [0.15, 0.2) is 48.0 Å². The Morgan fingerprint density at radius 3 is 2.80 bits per heavy atom. The van der Waals surface area contributed by atoms with Gasteiger partial charge < -0.3 is 14.2 Å². The molecule has 0 saturated heterocycles. The molecule has 0 saturated carbocycles. The largest absolute Gasteiger partial charge is 0.497 e. The normalized spacial score (nSPS) is 13.5. The van der Waals surface area contributed by atoms with E-state index in [1.54, 1.807) is 30.3 Å². The van der Waals surface area contributed by atoms with Crippen molar-refractivity contribution in [1.82, 2.24) is 0 Å². The van der Waals surface area contributed by atoms with E-state index in [2.05, 4.69) is 0 Å². The van der Waals surface area contributed by atoms with Gasteiger partial charge in [0.15, 0.2) is 11.5 Å². The maximum absolute atomic E-state index is 12.7. The number of rotatable bonds is 4.